The predicted molar refractivity (Wildman–Crippen MR) is 67.3 cm³/mol. The highest BCUT2D eigenvalue weighted by molar-refractivity contribution is 6.32. The third-order valence-corrected chi connectivity index (χ3v) is 2.44. The number of nitrogens with two attached hydrogens (primary N) is 1. The zero-order valence-corrected chi connectivity index (χ0v) is 10.2. The van der Waals surface area contributed by atoms with Gasteiger partial charge in [0.15, 0.2) is 0 Å². The maximum atomic E-state index is 11.4. The van der Waals surface area contributed by atoms with E-state index in [1.54, 1.807) is 12.1 Å². The van der Waals surface area contributed by atoms with Crippen LogP contribution >= 0.6 is 11.6 Å². The fraction of sp³-hybridized carbons (Fsp3) is 0.0909. The van der Waals surface area contributed by atoms with Crippen molar-refractivity contribution in [2.45, 2.75) is 0 Å². The molecule has 1 heterocycles. The van der Waals surface area contributed by atoms with Crippen LogP contribution in [-0.4, -0.2) is 17.1 Å². The molecule has 0 amide bonds. The van der Waals surface area contributed by atoms with E-state index in [2.05, 4.69) is 9.97 Å². The van der Waals surface area contributed by atoms with Crippen LogP contribution in [0.5, 0.6) is 17.4 Å². The first-order chi connectivity index (χ1) is 8.61. The number of anilines is 1. The molecule has 1 aromatic carbocycles. The number of aromatic nitrogens is 2. The number of methoxy groups -OCH3 is 1. The fourth-order valence-electron chi connectivity index (χ4n) is 1.33. The minimum atomic E-state index is -0.436. The van der Waals surface area contributed by atoms with Gasteiger partial charge in [-0.3, -0.25) is 4.79 Å². The lowest BCUT2D eigenvalue weighted by molar-refractivity contribution is 0.363. The van der Waals surface area contributed by atoms with Gasteiger partial charge in [-0.2, -0.15) is 0 Å². The van der Waals surface area contributed by atoms with Gasteiger partial charge in [0.05, 0.1) is 18.5 Å². The van der Waals surface area contributed by atoms with E-state index in [-0.39, 0.29) is 11.6 Å². The minimum Gasteiger partial charge on any atom is -0.487 e. The minimum absolute atomic E-state index is 0.0228. The number of H-pyrrole nitrogens is 1. The molecule has 0 spiro atoms. The number of rotatable bonds is 3. The zero-order chi connectivity index (χ0) is 13.1. The van der Waals surface area contributed by atoms with Crippen LogP contribution in [0.4, 0.5) is 5.69 Å². The summed E-state index contributed by atoms with van der Waals surface area (Å²) in [5.74, 6) is 0.348. The second-order valence-corrected chi connectivity index (χ2v) is 3.77. The van der Waals surface area contributed by atoms with Crippen LogP contribution in [0.3, 0.4) is 0 Å². The Morgan fingerprint density at radius 1 is 1.44 bits per heavy atom. The molecule has 3 N–H and O–H groups in total. The number of hydrogen-bond acceptors (Lipinski definition) is 5. The Morgan fingerprint density at radius 3 is 2.89 bits per heavy atom. The summed E-state index contributed by atoms with van der Waals surface area (Å²) in [4.78, 5) is 17.7. The van der Waals surface area contributed by atoms with E-state index in [0.29, 0.717) is 16.5 Å². The molecule has 0 saturated heterocycles. The second kappa shape index (κ2) is 4.97. The monoisotopic (exact) mass is 267 g/mol. The number of halogens is 1. The number of nitrogens with zero attached hydrogens (tertiary/aromatic N) is 1. The van der Waals surface area contributed by atoms with Gasteiger partial charge < -0.3 is 20.2 Å². The molecule has 0 aliphatic heterocycles. The summed E-state index contributed by atoms with van der Waals surface area (Å²) in [7, 11) is 1.35. The molecule has 0 saturated carbocycles. The Bertz CT molecular complexity index is 627. The largest absolute Gasteiger partial charge is 0.487 e. The molecule has 94 valence electrons. The molecule has 0 fully saturated rings. The number of aromatic amines is 1. The molecule has 7 heteroatoms. The highest BCUT2D eigenvalue weighted by Crippen LogP contribution is 2.32. The van der Waals surface area contributed by atoms with Gasteiger partial charge in [-0.1, -0.05) is 11.6 Å². The van der Waals surface area contributed by atoms with E-state index in [1.807, 2.05) is 0 Å². The topological polar surface area (TPSA) is 90.2 Å². The normalized spacial score (nSPS) is 10.1. The molecule has 0 unspecified atom stereocenters. The van der Waals surface area contributed by atoms with Crippen LogP contribution in [0.1, 0.15) is 0 Å². The number of benzene rings is 1. The summed E-state index contributed by atoms with van der Waals surface area (Å²) in [6.07, 6.45) is 1.21. The van der Waals surface area contributed by atoms with E-state index in [4.69, 9.17) is 26.8 Å². The van der Waals surface area contributed by atoms with Crippen molar-refractivity contribution in [3.8, 4) is 17.4 Å². The van der Waals surface area contributed by atoms with E-state index in [0.717, 1.165) is 0 Å². The lowest BCUT2D eigenvalue weighted by Gasteiger charge is -2.09. The van der Waals surface area contributed by atoms with Crippen molar-refractivity contribution in [1.29, 1.82) is 0 Å². The number of hydrogen-bond donors (Lipinski definition) is 2. The van der Waals surface area contributed by atoms with Crippen molar-refractivity contribution >= 4 is 17.3 Å². The van der Waals surface area contributed by atoms with Gasteiger partial charge in [-0.05, 0) is 18.2 Å². The van der Waals surface area contributed by atoms with Crippen molar-refractivity contribution in [2.75, 3.05) is 12.8 Å². The van der Waals surface area contributed by atoms with Gasteiger partial charge >= 0.3 is 0 Å². The molecular formula is C11H10ClN3O3. The molecule has 2 rings (SSSR count). The summed E-state index contributed by atoms with van der Waals surface area (Å²) < 4.78 is 10.3. The molecule has 1 aromatic heterocycles. The summed E-state index contributed by atoms with van der Waals surface area (Å²) in [5, 5.41) is 0.319. The van der Waals surface area contributed by atoms with Crippen molar-refractivity contribution < 1.29 is 9.47 Å². The molecule has 0 aliphatic rings. The first kappa shape index (κ1) is 12.3. The Morgan fingerprint density at radius 2 is 2.22 bits per heavy atom. The van der Waals surface area contributed by atoms with Crippen molar-refractivity contribution in [1.82, 2.24) is 9.97 Å². The van der Waals surface area contributed by atoms with Crippen LogP contribution in [0.15, 0.2) is 29.3 Å². The lowest BCUT2D eigenvalue weighted by atomic mass is 10.3. The van der Waals surface area contributed by atoms with Crippen molar-refractivity contribution in [3.63, 3.8) is 0 Å². The number of ether oxygens (including phenoxy) is 2. The molecule has 6 nitrogen and oxygen atoms in total. The molecule has 0 aliphatic carbocycles. The van der Waals surface area contributed by atoms with Crippen molar-refractivity contribution in [2.24, 2.45) is 0 Å². The van der Waals surface area contributed by atoms with Crippen LogP contribution in [0.2, 0.25) is 5.02 Å². The van der Waals surface area contributed by atoms with E-state index >= 15 is 0 Å². The molecule has 18 heavy (non-hydrogen) atoms. The van der Waals surface area contributed by atoms with Crippen LogP contribution in [-0.2, 0) is 0 Å². The maximum Gasteiger partial charge on any atom is 0.297 e. The quantitative estimate of drug-likeness (QED) is 0.828. The Labute approximate surface area is 107 Å². The third kappa shape index (κ3) is 2.38. The molecular weight excluding hydrogens is 258 g/mol. The highest BCUT2D eigenvalue weighted by Gasteiger charge is 2.13. The average Bonchev–Trinajstić information content (AvgIpc) is 2.33. The first-order valence-electron chi connectivity index (χ1n) is 4.96. The fourth-order valence-corrected chi connectivity index (χ4v) is 1.56. The Kier molecular flexibility index (Phi) is 3.38. The van der Waals surface area contributed by atoms with Gasteiger partial charge in [-0.15, -0.1) is 0 Å². The average molecular weight is 268 g/mol. The third-order valence-electron chi connectivity index (χ3n) is 2.14. The molecule has 0 atom stereocenters. The van der Waals surface area contributed by atoms with Gasteiger partial charge in [0, 0.05) is 5.69 Å². The lowest BCUT2D eigenvalue weighted by Crippen LogP contribution is -2.11. The van der Waals surface area contributed by atoms with Crippen molar-refractivity contribution in [3.05, 3.63) is 39.9 Å². The number of nitrogens with one attached hydrogen (secondary N) is 1. The Hall–Kier alpha value is -2.21. The van der Waals surface area contributed by atoms with Crippen LogP contribution in [0.25, 0.3) is 0 Å². The van der Waals surface area contributed by atoms with Gasteiger partial charge in [0.25, 0.3) is 11.4 Å². The first-order valence-corrected chi connectivity index (χ1v) is 5.34. The van der Waals surface area contributed by atoms with Crippen LogP contribution < -0.4 is 20.8 Å². The van der Waals surface area contributed by atoms with Gasteiger partial charge in [0.2, 0.25) is 5.75 Å². The standard InChI is InChI=1S/C11H10ClN3O3/c1-17-9-10(16)14-5-15-11(9)18-8-3-2-6(13)4-7(8)12/h2-5H,13H2,1H3,(H,14,15,16). The summed E-state index contributed by atoms with van der Waals surface area (Å²) in [6.45, 7) is 0. The van der Waals surface area contributed by atoms with Crippen LogP contribution in [0, 0.1) is 0 Å². The summed E-state index contributed by atoms with van der Waals surface area (Å²) in [5.41, 5.74) is 5.64. The smallest absolute Gasteiger partial charge is 0.297 e. The van der Waals surface area contributed by atoms with E-state index in [1.165, 1.54) is 19.5 Å². The summed E-state index contributed by atoms with van der Waals surface area (Å²) >= 11 is 5.96. The SMILES string of the molecule is COc1c(Oc2ccc(N)cc2Cl)nc[nH]c1=O. The number of nitrogen functional groups attached to an aromatic ring is 1. The molecule has 2 aromatic rings. The molecule has 0 radical (unpaired) electrons. The summed E-state index contributed by atoms with van der Waals surface area (Å²) in [6, 6.07) is 4.75. The molecule has 0 bridgehead atoms. The zero-order valence-electron chi connectivity index (χ0n) is 9.44. The van der Waals surface area contributed by atoms with E-state index < -0.39 is 5.56 Å². The van der Waals surface area contributed by atoms with Gasteiger partial charge in [0.1, 0.15) is 5.75 Å². The second-order valence-electron chi connectivity index (χ2n) is 3.36. The van der Waals surface area contributed by atoms with Gasteiger partial charge in [-0.25, -0.2) is 4.98 Å². The van der Waals surface area contributed by atoms with E-state index in [9.17, 15) is 4.79 Å². The Balaban J connectivity index is 2.40. The predicted octanol–water partition coefficient (Wildman–Crippen LogP) is 1.81. The maximum absolute atomic E-state index is 11.4. The highest BCUT2D eigenvalue weighted by atomic mass is 35.5.